The molecule has 3 nitrogen and oxygen atoms in total. The number of hydrogen-bond acceptors (Lipinski definition) is 3. The second-order valence-corrected chi connectivity index (χ2v) is 7.98. The Bertz CT molecular complexity index is 333. The van der Waals surface area contributed by atoms with E-state index in [1.165, 1.54) is 12.8 Å². The lowest BCUT2D eigenvalue weighted by atomic mass is 9.83. The van der Waals surface area contributed by atoms with Crippen molar-refractivity contribution in [2.24, 2.45) is 17.8 Å². The smallest absolute Gasteiger partial charge is 0.150 e. The van der Waals surface area contributed by atoms with Gasteiger partial charge in [0, 0.05) is 6.04 Å². The zero-order valence-corrected chi connectivity index (χ0v) is 11.1. The predicted molar refractivity (Wildman–Crippen MR) is 66.1 cm³/mol. The molecule has 1 aliphatic heterocycles. The maximum Gasteiger partial charge on any atom is 0.150 e. The number of hydrogen-bond donors (Lipinski definition) is 1. The minimum absolute atomic E-state index is 0.385. The first-order valence-corrected chi connectivity index (χ1v) is 8.24. The fourth-order valence-corrected chi connectivity index (χ4v) is 4.59. The lowest BCUT2D eigenvalue weighted by molar-refractivity contribution is 0.263. The van der Waals surface area contributed by atoms with Gasteiger partial charge in [-0.25, -0.2) is 8.42 Å². The first-order chi connectivity index (χ1) is 7.48. The van der Waals surface area contributed by atoms with Gasteiger partial charge in [0.15, 0.2) is 9.84 Å². The summed E-state index contributed by atoms with van der Waals surface area (Å²) in [6, 6.07) is 0.722. The van der Waals surface area contributed by atoms with Crippen LogP contribution < -0.4 is 5.32 Å². The fourth-order valence-electron chi connectivity index (χ4n) is 2.70. The molecule has 2 aliphatic rings. The average Bonchev–Trinajstić information content (AvgIpc) is 2.91. The molecule has 0 aromatic rings. The largest absolute Gasteiger partial charge is 0.314 e. The molecule has 1 aliphatic carbocycles. The highest BCUT2D eigenvalue weighted by molar-refractivity contribution is 7.91. The van der Waals surface area contributed by atoms with Crippen LogP contribution >= 0.6 is 0 Å². The van der Waals surface area contributed by atoms with E-state index < -0.39 is 9.84 Å². The van der Waals surface area contributed by atoms with Gasteiger partial charge >= 0.3 is 0 Å². The summed E-state index contributed by atoms with van der Waals surface area (Å²) in [5, 5.41) is 3.55. The molecule has 1 saturated heterocycles. The molecular weight excluding hydrogens is 222 g/mol. The van der Waals surface area contributed by atoms with E-state index >= 15 is 0 Å². The molecule has 0 amide bonds. The van der Waals surface area contributed by atoms with Crippen molar-refractivity contribution >= 4 is 9.84 Å². The Hall–Kier alpha value is -0.0900. The summed E-state index contributed by atoms with van der Waals surface area (Å²) in [5.74, 6) is 2.31. The Labute approximate surface area is 98.9 Å². The third-order valence-corrected chi connectivity index (χ3v) is 5.74. The molecule has 2 atom stereocenters. The molecule has 0 aromatic carbocycles. The molecule has 1 saturated carbocycles. The van der Waals surface area contributed by atoms with Gasteiger partial charge in [-0.1, -0.05) is 13.8 Å². The monoisotopic (exact) mass is 245 g/mol. The Morgan fingerprint density at radius 1 is 1.25 bits per heavy atom. The van der Waals surface area contributed by atoms with Crippen LogP contribution in [0.5, 0.6) is 0 Å². The van der Waals surface area contributed by atoms with Gasteiger partial charge in [0.05, 0.1) is 11.5 Å². The highest BCUT2D eigenvalue weighted by Crippen LogP contribution is 2.31. The van der Waals surface area contributed by atoms with E-state index in [1.54, 1.807) is 0 Å². The zero-order valence-electron chi connectivity index (χ0n) is 10.3. The third kappa shape index (κ3) is 3.20. The van der Waals surface area contributed by atoms with Crippen LogP contribution in [0.4, 0.5) is 0 Å². The minimum atomic E-state index is -2.72. The maximum absolute atomic E-state index is 11.5. The van der Waals surface area contributed by atoms with Crippen LogP contribution in [0.3, 0.4) is 0 Å². The number of rotatable bonds is 5. The van der Waals surface area contributed by atoms with Gasteiger partial charge in [-0.3, -0.25) is 0 Å². The highest BCUT2D eigenvalue weighted by atomic mass is 32.2. The van der Waals surface area contributed by atoms with E-state index in [0.29, 0.717) is 29.3 Å². The van der Waals surface area contributed by atoms with Gasteiger partial charge in [-0.05, 0) is 43.6 Å². The molecule has 1 heterocycles. The van der Waals surface area contributed by atoms with Gasteiger partial charge in [-0.15, -0.1) is 0 Å². The molecular formula is C12H23NO2S. The van der Waals surface area contributed by atoms with E-state index in [2.05, 4.69) is 19.2 Å². The van der Waals surface area contributed by atoms with E-state index in [1.807, 2.05) is 0 Å². The zero-order chi connectivity index (χ0) is 11.8. The van der Waals surface area contributed by atoms with Crippen molar-refractivity contribution in [2.45, 2.75) is 39.2 Å². The first kappa shape index (κ1) is 12.4. The van der Waals surface area contributed by atoms with Gasteiger partial charge in [0.1, 0.15) is 0 Å². The Kier molecular flexibility index (Phi) is 3.59. The molecule has 94 valence electrons. The summed E-state index contributed by atoms with van der Waals surface area (Å²) in [4.78, 5) is 0. The van der Waals surface area contributed by atoms with Crippen molar-refractivity contribution in [2.75, 3.05) is 18.1 Å². The summed E-state index contributed by atoms with van der Waals surface area (Å²) in [6.07, 6.45) is 3.47. The summed E-state index contributed by atoms with van der Waals surface area (Å²) in [6.45, 7) is 5.43. The summed E-state index contributed by atoms with van der Waals surface area (Å²) >= 11 is 0. The SMILES string of the molecule is CC(C)C(CNC1CC1)C1CCS(=O)(=O)C1. The normalized spacial score (nSPS) is 30.8. The van der Waals surface area contributed by atoms with E-state index in [4.69, 9.17) is 0 Å². The van der Waals surface area contributed by atoms with Gasteiger partial charge in [0.25, 0.3) is 0 Å². The first-order valence-electron chi connectivity index (χ1n) is 6.42. The van der Waals surface area contributed by atoms with Gasteiger partial charge < -0.3 is 5.32 Å². The molecule has 2 rings (SSSR count). The molecule has 4 heteroatoms. The number of sulfone groups is 1. The standard InChI is InChI=1S/C12H23NO2S/c1-9(2)12(7-13-11-3-4-11)10-5-6-16(14,15)8-10/h9-13H,3-8H2,1-2H3. The van der Waals surface area contributed by atoms with E-state index in [-0.39, 0.29) is 0 Å². The van der Waals surface area contributed by atoms with Crippen LogP contribution in [0.25, 0.3) is 0 Å². The maximum atomic E-state index is 11.5. The molecule has 16 heavy (non-hydrogen) atoms. The molecule has 0 aromatic heterocycles. The van der Waals surface area contributed by atoms with Crippen LogP contribution in [-0.2, 0) is 9.84 Å². The van der Waals surface area contributed by atoms with Crippen molar-refractivity contribution in [3.8, 4) is 0 Å². The molecule has 2 fully saturated rings. The molecule has 0 radical (unpaired) electrons. The molecule has 1 N–H and O–H groups in total. The predicted octanol–water partition coefficient (Wildman–Crippen LogP) is 1.45. The average molecular weight is 245 g/mol. The highest BCUT2D eigenvalue weighted by Gasteiger charge is 2.35. The van der Waals surface area contributed by atoms with Crippen LogP contribution in [0, 0.1) is 17.8 Å². The summed E-state index contributed by atoms with van der Waals surface area (Å²) in [5.41, 5.74) is 0. The van der Waals surface area contributed by atoms with Crippen molar-refractivity contribution in [1.29, 1.82) is 0 Å². The lowest BCUT2D eigenvalue weighted by Crippen LogP contribution is -2.33. The Morgan fingerprint density at radius 2 is 1.94 bits per heavy atom. The third-order valence-electron chi connectivity index (χ3n) is 3.95. The van der Waals surface area contributed by atoms with E-state index in [0.717, 1.165) is 19.0 Å². The second kappa shape index (κ2) is 4.65. The van der Waals surface area contributed by atoms with Crippen molar-refractivity contribution in [3.05, 3.63) is 0 Å². The quantitative estimate of drug-likeness (QED) is 0.797. The second-order valence-electron chi connectivity index (χ2n) is 5.75. The fraction of sp³-hybridized carbons (Fsp3) is 1.00. The summed E-state index contributed by atoms with van der Waals surface area (Å²) < 4.78 is 23.0. The molecule has 2 unspecified atom stereocenters. The van der Waals surface area contributed by atoms with Crippen LogP contribution in [0.2, 0.25) is 0 Å². The van der Waals surface area contributed by atoms with Crippen molar-refractivity contribution in [3.63, 3.8) is 0 Å². The topological polar surface area (TPSA) is 46.2 Å². The van der Waals surface area contributed by atoms with Crippen LogP contribution in [-0.4, -0.2) is 32.5 Å². The Balaban J connectivity index is 1.90. The Morgan fingerprint density at radius 3 is 2.38 bits per heavy atom. The molecule has 0 spiro atoms. The van der Waals surface area contributed by atoms with Gasteiger partial charge in [-0.2, -0.15) is 0 Å². The van der Waals surface area contributed by atoms with Gasteiger partial charge in [0.2, 0.25) is 0 Å². The van der Waals surface area contributed by atoms with E-state index in [9.17, 15) is 8.42 Å². The van der Waals surface area contributed by atoms with Crippen molar-refractivity contribution < 1.29 is 8.42 Å². The number of nitrogens with one attached hydrogen (secondary N) is 1. The summed E-state index contributed by atoms with van der Waals surface area (Å²) in [7, 11) is -2.72. The van der Waals surface area contributed by atoms with Crippen molar-refractivity contribution in [1.82, 2.24) is 5.32 Å². The molecule has 0 bridgehead atoms. The van der Waals surface area contributed by atoms with Crippen LogP contribution in [0.15, 0.2) is 0 Å². The van der Waals surface area contributed by atoms with Crippen LogP contribution in [0.1, 0.15) is 33.1 Å². The lowest BCUT2D eigenvalue weighted by Gasteiger charge is -2.26. The minimum Gasteiger partial charge on any atom is -0.314 e.